The van der Waals surface area contributed by atoms with Gasteiger partial charge < -0.3 is 20.5 Å². The zero-order valence-corrected chi connectivity index (χ0v) is 17.1. The number of hydrazine groups is 1. The van der Waals surface area contributed by atoms with Gasteiger partial charge in [-0.2, -0.15) is 0 Å². The lowest BCUT2D eigenvalue weighted by atomic mass is 10.0. The van der Waals surface area contributed by atoms with E-state index in [1.165, 1.54) is 23.5 Å². The Hall–Kier alpha value is -3.83. The standard InChI is InChI=1S/C20H23N5O7/c26-11-13(9-17(28)29)22-19(31)15-4-2-8-24-16(27)6-5-14(20(32)25(15)24)23-18(30)12-3-1-7-21-10-12/h1,3,7,10-11,13-15H,2,4-6,8-9H2,(H,22,31)(H,23,30)(H,28,29). The van der Waals surface area contributed by atoms with Crippen molar-refractivity contribution in [3.8, 4) is 0 Å². The topological polar surface area (TPSA) is 166 Å². The van der Waals surface area contributed by atoms with Crippen LogP contribution in [0, 0.1) is 0 Å². The van der Waals surface area contributed by atoms with Crippen molar-refractivity contribution in [2.75, 3.05) is 6.54 Å². The fraction of sp³-hybridized carbons (Fsp3) is 0.450. The minimum absolute atomic E-state index is 0.00938. The molecule has 4 amide bonds. The molecule has 32 heavy (non-hydrogen) atoms. The molecule has 3 heterocycles. The molecule has 0 saturated carbocycles. The first-order valence-electron chi connectivity index (χ1n) is 10.1. The van der Waals surface area contributed by atoms with Gasteiger partial charge in [-0.1, -0.05) is 0 Å². The molecule has 3 unspecified atom stereocenters. The number of aromatic nitrogens is 1. The first-order valence-corrected chi connectivity index (χ1v) is 10.1. The second kappa shape index (κ2) is 9.98. The van der Waals surface area contributed by atoms with Crippen molar-refractivity contribution in [2.24, 2.45) is 0 Å². The van der Waals surface area contributed by atoms with E-state index in [-0.39, 0.29) is 37.3 Å². The number of aldehydes is 1. The average Bonchev–Trinajstić information content (AvgIpc) is 2.90. The molecule has 0 spiro atoms. The number of hydrogen-bond acceptors (Lipinski definition) is 7. The van der Waals surface area contributed by atoms with Crippen molar-refractivity contribution in [1.29, 1.82) is 0 Å². The highest BCUT2D eigenvalue weighted by Crippen LogP contribution is 2.25. The first-order chi connectivity index (χ1) is 15.3. The molecule has 0 bridgehead atoms. The lowest BCUT2D eigenvalue weighted by Gasteiger charge is -2.43. The fourth-order valence-electron chi connectivity index (χ4n) is 3.75. The van der Waals surface area contributed by atoms with Crippen LogP contribution in [0.3, 0.4) is 0 Å². The van der Waals surface area contributed by atoms with Crippen LogP contribution in [0.5, 0.6) is 0 Å². The predicted molar refractivity (Wildman–Crippen MR) is 107 cm³/mol. The van der Waals surface area contributed by atoms with E-state index in [4.69, 9.17) is 5.11 Å². The maximum absolute atomic E-state index is 13.3. The highest BCUT2D eigenvalue weighted by atomic mass is 16.4. The lowest BCUT2D eigenvalue weighted by molar-refractivity contribution is -0.176. The minimum atomic E-state index is -1.27. The van der Waals surface area contributed by atoms with E-state index in [0.29, 0.717) is 12.7 Å². The molecular weight excluding hydrogens is 422 g/mol. The zero-order chi connectivity index (χ0) is 23.3. The molecule has 12 nitrogen and oxygen atoms in total. The molecule has 3 rings (SSSR count). The van der Waals surface area contributed by atoms with E-state index in [0.717, 1.165) is 5.01 Å². The molecule has 12 heteroatoms. The number of aliphatic carboxylic acids is 1. The second-order valence-corrected chi connectivity index (χ2v) is 7.51. The zero-order valence-electron chi connectivity index (χ0n) is 17.1. The minimum Gasteiger partial charge on any atom is -0.481 e. The van der Waals surface area contributed by atoms with Crippen molar-refractivity contribution in [3.05, 3.63) is 30.1 Å². The summed E-state index contributed by atoms with van der Waals surface area (Å²) in [5.74, 6) is -3.56. The number of carboxylic acid groups (broad SMARTS) is 1. The van der Waals surface area contributed by atoms with Crippen molar-refractivity contribution in [1.82, 2.24) is 25.6 Å². The van der Waals surface area contributed by atoms with Gasteiger partial charge in [0, 0.05) is 25.4 Å². The fourth-order valence-corrected chi connectivity index (χ4v) is 3.75. The highest BCUT2D eigenvalue weighted by Gasteiger charge is 2.44. The Morgan fingerprint density at radius 1 is 1.28 bits per heavy atom. The Balaban J connectivity index is 1.81. The summed E-state index contributed by atoms with van der Waals surface area (Å²) < 4.78 is 0. The molecule has 2 saturated heterocycles. The molecule has 0 aliphatic carbocycles. The summed E-state index contributed by atoms with van der Waals surface area (Å²) in [5.41, 5.74) is 0.239. The molecule has 1 aromatic heterocycles. The van der Waals surface area contributed by atoms with Crippen LogP contribution in [0.2, 0.25) is 0 Å². The number of hydrogen-bond donors (Lipinski definition) is 3. The maximum atomic E-state index is 13.3. The molecule has 3 atom stereocenters. The summed E-state index contributed by atoms with van der Waals surface area (Å²) in [4.78, 5) is 77.2. The van der Waals surface area contributed by atoms with Gasteiger partial charge in [0.25, 0.3) is 11.8 Å². The Bertz CT molecular complexity index is 922. The van der Waals surface area contributed by atoms with E-state index < -0.39 is 48.2 Å². The Morgan fingerprint density at radius 3 is 2.72 bits per heavy atom. The summed E-state index contributed by atoms with van der Waals surface area (Å²) in [5, 5.41) is 16.0. The third kappa shape index (κ3) is 5.07. The monoisotopic (exact) mass is 445 g/mol. The summed E-state index contributed by atoms with van der Waals surface area (Å²) >= 11 is 0. The van der Waals surface area contributed by atoms with E-state index in [9.17, 15) is 28.8 Å². The lowest BCUT2D eigenvalue weighted by Crippen LogP contribution is -2.64. The van der Waals surface area contributed by atoms with Crippen LogP contribution in [0.1, 0.15) is 42.5 Å². The van der Waals surface area contributed by atoms with Crippen LogP contribution in [-0.4, -0.2) is 80.7 Å². The van der Waals surface area contributed by atoms with E-state index in [1.807, 2.05) is 0 Å². The van der Waals surface area contributed by atoms with Crippen LogP contribution < -0.4 is 10.6 Å². The van der Waals surface area contributed by atoms with Crippen molar-refractivity contribution < 1.29 is 33.9 Å². The van der Waals surface area contributed by atoms with Crippen molar-refractivity contribution >= 4 is 35.9 Å². The van der Waals surface area contributed by atoms with Gasteiger partial charge in [0.05, 0.1) is 18.0 Å². The summed E-state index contributed by atoms with van der Waals surface area (Å²) in [6.45, 7) is 0.226. The van der Waals surface area contributed by atoms with Gasteiger partial charge in [0.2, 0.25) is 11.8 Å². The number of carbonyl (C=O) groups is 6. The number of carboxylic acids is 1. The Kier molecular flexibility index (Phi) is 7.13. The van der Waals surface area contributed by atoms with Gasteiger partial charge in [0.15, 0.2) is 0 Å². The normalized spacial score (nSPS) is 21.8. The van der Waals surface area contributed by atoms with Crippen LogP contribution in [0.15, 0.2) is 24.5 Å². The van der Waals surface area contributed by atoms with E-state index in [1.54, 1.807) is 6.07 Å². The predicted octanol–water partition coefficient (Wildman–Crippen LogP) is -1.13. The number of rotatable bonds is 7. The van der Waals surface area contributed by atoms with E-state index in [2.05, 4.69) is 15.6 Å². The smallest absolute Gasteiger partial charge is 0.305 e. The van der Waals surface area contributed by atoms with Crippen molar-refractivity contribution in [3.63, 3.8) is 0 Å². The number of amides is 4. The number of nitrogens with zero attached hydrogens (tertiary/aromatic N) is 3. The molecular formula is C20H23N5O7. The van der Waals surface area contributed by atoms with E-state index >= 15 is 0 Å². The largest absolute Gasteiger partial charge is 0.481 e. The average molecular weight is 445 g/mol. The SMILES string of the molecule is O=CC(CC(=O)O)NC(=O)C1CCCN2C(=O)CCC(NC(=O)c3cccnc3)C(=O)N12. The van der Waals surface area contributed by atoms with Crippen LogP contribution >= 0.6 is 0 Å². The maximum Gasteiger partial charge on any atom is 0.305 e. The molecule has 3 N–H and O–H groups in total. The van der Waals surface area contributed by atoms with Crippen LogP contribution in [-0.2, 0) is 24.0 Å². The number of carbonyl (C=O) groups excluding carboxylic acids is 5. The summed E-state index contributed by atoms with van der Waals surface area (Å²) in [6.07, 6.45) is 3.23. The third-order valence-corrected chi connectivity index (χ3v) is 5.28. The first kappa shape index (κ1) is 22.8. The van der Waals surface area contributed by atoms with Gasteiger partial charge in [-0.15, -0.1) is 0 Å². The molecule has 0 aromatic carbocycles. The van der Waals surface area contributed by atoms with Crippen LogP contribution in [0.25, 0.3) is 0 Å². The molecule has 2 fully saturated rings. The van der Waals surface area contributed by atoms with Crippen LogP contribution in [0.4, 0.5) is 0 Å². The third-order valence-electron chi connectivity index (χ3n) is 5.28. The number of pyridine rings is 1. The van der Waals surface area contributed by atoms with Gasteiger partial charge >= 0.3 is 5.97 Å². The van der Waals surface area contributed by atoms with Crippen molar-refractivity contribution in [2.45, 2.75) is 50.2 Å². The van der Waals surface area contributed by atoms with Gasteiger partial charge in [-0.25, -0.2) is 5.01 Å². The molecule has 2 aliphatic rings. The quantitative estimate of drug-likeness (QED) is 0.443. The van der Waals surface area contributed by atoms with Gasteiger partial charge in [-0.3, -0.25) is 34.0 Å². The molecule has 0 radical (unpaired) electrons. The summed E-state index contributed by atoms with van der Waals surface area (Å²) in [6, 6.07) is -0.339. The molecule has 1 aromatic rings. The van der Waals surface area contributed by atoms with Gasteiger partial charge in [-0.05, 0) is 31.4 Å². The molecule has 2 aliphatic heterocycles. The second-order valence-electron chi connectivity index (χ2n) is 7.51. The number of nitrogens with one attached hydrogen (secondary N) is 2. The molecule has 170 valence electrons. The highest BCUT2D eigenvalue weighted by molar-refractivity contribution is 5.99. The Labute approximate surface area is 182 Å². The number of fused-ring (bicyclic) bond motifs is 1. The summed E-state index contributed by atoms with van der Waals surface area (Å²) in [7, 11) is 0. The Morgan fingerprint density at radius 2 is 2.06 bits per heavy atom. The van der Waals surface area contributed by atoms with Gasteiger partial charge in [0.1, 0.15) is 18.4 Å².